The first-order valence-electron chi connectivity index (χ1n) is 7.61. The molecule has 2 aromatic rings. The molecule has 20 heavy (non-hydrogen) atoms. The number of rotatable bonds is 2. The molecule has 0 radical (unpaired) electrons. The standard InChI is InChI=1S/C16H20N4/c1-2-6-13-10-17-15(9-12(13)5-1)16-19-18-11-20(16)14-7-3-4-8-14/h1-2,5-6,11,14-15,17H,3-4,7-10H2/t15-/m1/s1. The molecular formula is C16H20N4. The van der Waals surface area contributed by atoms with E-state index in [4.69, 9.17) is 0 Å². The van der Waals surface area contributed by atoms with E-state index in [9.17, 15) is 0 Å². The van der Waals surface area contributed by atoms with Crippen LogP contribution in [0.3, 0.4) is 0 Å². The fourth-order valence-corrected chi connectivity index (χ4v) is 3.60. The molecule has 1 saturated carbocycles. The number of nitrogens with zero attached hydrogens (tertiary/aromatic N) is 3. The topological polar surface area (TPSA) is 42.7 Å². The van der Waals surface area contributed by atoms with Crippen LogP contribution in [0.25, 0.3) is 0 Å². The molecule has 0 saturated heterocycles. The van der Waals surface area contributed by atoms with Crippen molar-refractivity contribution in [2.75, 3.05) is 0 Å². The molecule has 4 rings (SSSR count). The summed E-state index contributed by atoms with van der Waals surface area (Å²) in [6, 6.07) is 9.59. The highest BCUT2D eigenvalue weighted by Gasteiger charge is 2.27. The highest BCUT2D eigenvalue weighted by atomic mass is 15.3. The lowest BCUT2D eigenvalue weighted by atomic mass is 9.95. The van der Waals surface area contributed by atoms with E-state index >= 15 is 0 Å². The Bertz CT molecular complexity index is 598. The van der Waals surface area contributed by atoms with E-state index in [0.717, 1.165) is 18.8 Å². The Balaban J connectivity index is 1.62. The summed E-state index contributed by atoms with van der Waals surface area (Å²) in [6.07, 6.45) is 8.16. The first kappa shape index (κ1) is 12.1. The highest BCUT2D eigenvalue weighted by molar-refractivity contribution is 5.30. The zero-order chi connectivity index (χ0) is 13.4. The fraction of sp³-hybridized carbons (Fsp3) is 0.500. The summed E-state index contributed by atoms with van der Waals surface area (Å²) in [5, 5.41) is 12.2. The van der Waals surface area contributed by atoms with Gasteiger partial charge in [-0.05, 0) is 30.4 Å². The second kappa shape index (κ2) is 5.02. The number of hydrogen-bond acceptors (Lipinski definition) is 3. The number of benzene rings is 1. The average molecular weight is 268 g/mol. The van der Waals surface area contributed by atoms with Crippen molar-refractivity contribution in [3.63, 3.8) is 0 Å². The third-order valence-electron chi connectivity index (χ3n) is 4.71. The maximum atomic E-state index is 4.41. The molecule has 2 aliphatic rings. The largest absolute Gasteiger partial charge is 0.313 e. The zero-order valence-corrected chi connectivity index (χ0v) is 11.6. The zero-order valence-electron chi connectivity index (χ0n) is 11.6. The van der Waals surface area contributed by atoms with Gasteiger partial charge in [-0.25, -0.2) is 0 Å². The molecule has 0 unspecified atom stereocenters. The second-order valence-corrected chi connectivity index (χ2v) is 5.94. The smallest absolute Gasteiger partial charge is 0.150 e. The van der Waals surface area contributed by atoms with Crippen molar-refractivity contribution >= 4 is 0 Å². The van der Waals surface area contributed by atoms with E-state index in [2.05, 4.69) is 44.3 Å². The van der Waals surface area contributed by atoms with Crippen LogP contribution in [0.5, 0.6) is 0 Å². The van der Waals surface area contributed by atoms with Gasteiger partial charge in [0.15, 0.2) is 5.82 Å². The highest BCUT2D eigenvalue weighted by Crippen LogP contribution is 2.32. The van der Waals surface area contributed by atoms with Gasteiger partial charge in [-0.15, -0.1) is 10.2 Å². The summed E-state index contributed by atoms with van der Waals surface area (Å²) < 4.78 is 2.32. The summed E-state index contributed by atoms with van der Waals surface area (Å²) in [7, 11) is 0. The van der Waals surface area contributed by atoms with E-state index in [1.165, 1.54) is 36.8 Å². The molecule has 2 heterocycles. The fourth-order valence-electron chi connectivity index (χ4n) is 3.60. The molecule has 1 aromatic heterocycles. The summed E-state index contributed by atoms with van der Waals surface area (Å²) in [4.78, 5) is 0. The van der Waals surface area contributed by atoms with E-state index in [-0.39, 0.29) is 0 Å². The average Bonchev–Trinajstić information content (AvgIpc) is 3.17. The van der Waals surface area contributed by atoms with Gasteiger partial charge < -0.3 is 9.88 Å². The molecule has 1 atom stereocenters. The van der Waals surface area contributed by atoms with Crippen molar-refractivity contribution < 1.29 is 0 Å². The normalized spacial score (nSPS) is 22.9. The third kappa shape index (κ3) is 2.04. The lowest BCUT2D eigenvalue weighted by Gasteiger charge is -2.27. The Morgan fingerprint density at radius 2 is 1.90 bits per heavy atom. The van der Waals surface area contributed by atoms with E-state index in [1.807, 2.05) is 6.33 Å². The van der Waals surface area contributed by atoms with Crippen molar-refractivity contribution in [2.45, 2.75) is 50.7 Å². The van der Waals surface area contributed by atoms with Crippen LogP contribution in [0.1, 0.15) is 54.7 Å². The van der Waals surface area contributed by atoms with Gasteiger partial charge in [0.1, 0.15) is 6.33 Å². The third-order valence-corrected chi connectivity index (χ3v) is 4.71. The SMILES string of the molecule is c1ccc2c(c1)CN[C@@H](c1nncn1C1CCCC1)C2. The van der Waals surface area contributed by atoms with Gasteiger partial charge >= 0.3 is 0 Å². The Kier molecular flexibility index (Phi) is 3.03. The van der Waals surface area contributed by atoms with E-state index in [0.29, 0.717) is 12.1 Å². The summed E-state index contributed by atoms with van der Waals surface area (Å²) in [5.74, 6) is 1.12. The van der Waals surface area contributed by atoms with Crippen LogP contribution in [0, 0.1) is 0 Å². The van der Waals surface area contributed by atoms with Gasteiger partial charge in [-0.3, -0.25) is 0 Å². The molecule has 4 heteroatoms. The molecular weight excluding hydrogens is 248 g/mol. The van der Waals surface area contributed by atoms with Gasteiger partial charge in [0, 0.05) is 12.6 Å². The van der Waals surface area contributed by atoms with Gasteiger partial charge in [0.05, 0.1) is 6.04 Å². The molecule has 4 nitrogen and oxygen atoms in total. The molecule has 104 valence electrons. The lowest BCUT2D eigenvalue weighted by Crippen LogP contribution is -2.31. The minimum atomic E-state index is 0.299. The van der Waals surface area contributed by atoms with Crippen LogP contribution in [-0.4, -0.2) is 14.8 Å². The van der Waals surface area contributed by atoms with Crippen LogP contribution in [-0.2, 0) is 13.0 Å². The molecule has 1 N–H and O–H groups in total. The Morgan fingerprint density at radius 3 is 2.75 bits per heavy atom. The van der Waals surface area contributed by atoms with Crippen LogP contribution >= 0.6 is 0 Å². The Labute approximate surface area is 119 Å². The van der Waals surface area contributed by atoms with Crippen molar-refractivity contribution in [3.05, 3.63) is 47.5 Å². The molecule has 0 bridgehead atoms. The van der Waals surface area contributed by atoms with Crippen LogP contribution in [0.2, 0.25) is 0 Å². The van der Waals surface area contributed by atoms with E-state index in [1.54, 1.807) is 0 Å². The predicted octanol–water partition coefficient (Wildman–Crippen LogP) is 2.78. The second-order valence-electron chi connectivity index (χ2n) is 5.94. The summed E-state index contributed by atoms with van der Waals surface area (Å²) >= 11 is 0. The molecule has 1 aliphatic heterocycles. The van der Waals surface area contributed by atoms with Gasteiger partial charge in [0.2, 0.25) is 0 Å². The summed E-state index contributed by atoms with van der Waals surface area (Å²) in [5.41, 5.74) is 2.85. The van der Waals surface area contributed by atoms with Gasteiger partial charge in [-0.2, -0.15) is 0 Å². The molecule has 0 amide bonds. The van der Waals surface area contributed by atoms with Gasteiger partial charge in [-0.1, -0.05) is 37.1 Å². The van der Waals surface area contributed by atoms with Crippen molar-refractivity contribution in [3.8, 4) is 0 Å². The predicted molar refractivity (Wildman–Crippen MR) is 77.3 cm³/mol. The number of hydrogen-bond donors (Lipinski definition) is 1. The first-order valence-corrected chi connectivity index (χ1v) is 7.61. The monoisotopic (exact) mass is 268 g/mol. The maximum Gasteiger partial charge on any atom is 0.150 e. The van der Waals surface area contributed by atoms with Crippen LogP contribution in [0.4, 0.5) is 0 Å². The quantitative estimate of drug-likeness (QED) is 0.910. The lowest BCUT2D eigenvalue weighted by molar-refractivity contribution is 0.419. The number of nitrogens with one attached hydrogen (secondary N) is 1. The number of fused-ring (bicyclic) bond motifs is 1. The molecule has 1 aliphatic carbocycles. The van der Waals surface area contributed by atoms with Crippen molar-refractivity contribution in [1.29, 1.82) is 0 Å². The van der Waals surface area contributed by atoms with Gasteiger partial charge in [0.25, 0.3) is 0 Å². The van der Waals surface area contributed by atoms with Crippen molar-refractivity contribution in [2.24, 2.45) is 0 Å². The molecule has 1 aromatic carbocycles. The maximum absolute atomic E-state index is 4.41. The Morgan fingerprint density at radius 1 is 1.10 bits per heavy atom. The van der Waals surface area contributed by atoms with E-state index < -0.39 is 0 Å². The first-order chi connectivity index (χ1) is 9.92. The minimum absolute atomic E-state index is 0.299. The Hall–Kier alpha value is -1.68. The minimum Gasteiger partial charge on any atom is -0.313 e. The number of aromatic nitrogens is 3. The van der Waals surface area contributed by atoms with Crippen LogP contribution in [0.15, 0.2) is 30.6 Å². The molecule has 0 spiro atoms. The summed E-state index contributed by atoms with van der Waals surface area (Å²) in [6.45, 7) is 0.929. The molecule has 1 fully saturated rings. The van der Waals surface area contributed by atoms with Crippen molar-refractivity contribution in [1.82, 2.24) is 20.1 Å². The van der Waals surface area contributed by atoms with Crippen LogP contribution < -0.4 is 5.32 Å².